The number of nitrogens with one attached hydrogen (secondary N) is 1. The van der Waals surface area contributed by atoms with Gasteiger partial charge in [0, 0.05) is 26.2 Å². The molecule has 2 unspecified atom stereocenters. The number of hydrogen-bond acceptors (Lipinski definition) is 7. The standard InChI is InChI=1S/C26H32N4O5S2/c1-19-4-10-24(11-5-19)37(34,35)28-26(31)29(2)25-21-8-9-22(25)18-30(17-21)14-3-15-36(32,33)23-12-6-20(16-27)7-13-23/h4-7,10-13,21-22,25H,3,8-9,14-15,17-18H2,1-2H3,(H,28,31). The molecule has 9 nitrogen and oxygen atoms in total. The molecule has 1 heterocycles. The number of nitriles is 1. The van der Waals surface area contributed by atoms with E-state index in [0.29, 0.717) is 18.5 Å². The van der Waals surface area contributed by atoms with E-state index in [-0.39, 0.29) is 33.4 Å². The molecule has 2 bridgehead atoms. The van der Waals surface area contributed by atoms with Gasteiger partial charge in [-0.15, -0.1) is 0 Å². The summed E-state index contributed by atoms with van der Waals surface area (Å²) in [6.45, 7) is 3.97. The molecule has 198 valence electrons. The number of nitrogens with zero attached hydrogens (tertiary/aromatic N) is 3. The average molecular weight is 545 g/mol. The molecule has 37 heavy (non-hydrogen) atoms. The summed E-state index contributed by atoms with van der Waals surface area (Å²) < 4.78 is 52.9. The summed E-state index contributed by atoms with van der Waals surface area (Å²) in [5.74, 6) is 0.422. The number of urea groups is 1. The van der Waals surface area contributed by atoms with E-state index in [1.165, 1.54) is 41.3 Å². The van der Waals surface area contributed by atoms with Crippen LogP contribution in [0.1, 0.15) is 30.4 Å². The molecule has 2 amide bonds. The second-order valence-electron chi connectivity index (χ2n) is 9.99. The zero-order chi connectivity index (χ0) is 26.8. The maximum absolute atomic E-state index is 12.9. The summed E-state index contributed by atoms with van der Waals surface area (Å²) in [6, 6.07) is 13.6. The summed E-state index contributed by atoms with van der Waals surface area (Å²) in [7, 11) is -5.74. The topological polar surface area (TPSA) is 128 Å². The van der Waals surface area contributed by atoms with Crippen molar-refractivity contribution in [2.75, 3.05) is 32.4 Å². The van der Waals surface area contributed by atoms with Gasteiger partial charge in [0.1, 0.15) is 0 Å². The molecule has 0 radical (unpaired) electrons. The highest BCUT2D eigenvalue weighted by atomic mass is 32.2. The first kappa shape index (κ1) is 27.1. The molecule has 2 aromatic carbocycles. The first-order chi connectivity index (χ1) is 17.5. The Bertz CT molecular complexity index is 1370. The van der Waals surface area contributed by atoms with E-state index in [0.717, 1.165) is 31.5 Å². The molecule has 11 heteroatoms. The number of fused-ring (bicyclic) bond motifs is 2. The zero-order valence-electron chi connectivity index (χ0n) is 21.0. The number of likely N-dealkylation sites (tertiary alicyclic amines) is 1. The lowest BCUT2D eigenvalue weighted by Gasteiger charge is -2.42. The summed E-state index contributed by atoms with van der Waals surface area (Å²) >= 11 is 0. The fourth-order valence-electron chi connectivity index (χ4n) is 5.54. The average Bonchev–Trinajstić information content (AvgIpc) is 3.13. The van der Waals surface area contributed by atoms with Crippen molar-refractivity contribution < 1.29 is 21.6 Å². The number of rotatable bonds is 8. The van der Waals surface area contributed by atoms with Gasteiger partial charge in [-0.1, -0.05) is 17.7 Å². The van der Waals surface area contributed by atoms with Crippen molar-refractivity contribution in [3.05, 3.63) is 59.7 Å². The predicted molar refractivity (Wildman–Crippen MR) is 139 cm³/mol. The molecule has 4 rings (SSSR count). The van der Waals surface area contributed by atoms with Crippen LogP contribution in [0.5, 0.6) is 0 Å². The Hall–Kier alpha value is -2.94. The van der Waals surface area contributed by atoms with Crippen LogP contribution in [0, 0.1) is 30.1 Å². The van der Waals surface area contributed by atoms with Gasteiger partial charge in [0.05, 0.1) is 27.2 Å². The van der Waals surface area contributed by atoms with Crippen molar-refractivity contribution in [1.82, 2.24) is 14.5 Å². The van der Waals surface area contributed by atoms with E-state index in [2.05, 4.69) is 9.62 Å². The number of sulfonamides is 1. The molecule has 2 atom stereocenters. The lowest BCUT2D eigenvalue weighted by molar-refractivity contribution is 0.0785. The smallest absolute Gasteiger partial charge is 0.323 e. The van der Waals surface area contributed by atoms with Crippen molar-refractivity contribution in [3.8, 4) is 6.07 Å². The van der Waals surface area contributed by atoms with E-state index >= 15 is 0 Å². The molecule has 1 saturated carbocycles. The zero-order valence-corrected chi connectivity index (χ0v) is 22.6. The molecule has 2 aromatic rings. The van der Waals surface area contributed by atoms with E-state index in [1.807, 2.05) is 13.0 Å². The number of carbonyl (C=O) groups excluding carboxylic acids is 1. The van der Waals surface area contributed by atoms with E-state index in [4.69, 9.17) is 5.26 Å². The number of piperidine rings is 1. The molecule has 2 fully saturated rings. The van der Waals surface area contributed by atoms with Gasteiger partial charge in [-0.05, 0) is 81.0 Å². The summed E-state index contributed by atoms with van der Waals surface area (Å²) in [5.41, 5.74) is 1.35. The van der Waals surface area contributed by atoms with Crippen molar-refractivity contribution in [2.45, 2.75) is 42.0 Å². The Morgan fingerprint density at radius 2 is 1.57 bits per heavy atom. The minimum atomic E-state index is -3.96. The summed E-state index contributed by atoms with van der Waals surface area (Å²) in [5, 5.41) is 8.90. The molecular weight excluding hydrogens is 512 g/mol. The Balaban J connectivity index is 1.31. The monoisotopic (exact) mass is 544 g/mol. The maximum Gasteiger partial charge on any atom is 0.331 e. The highest BCUT2D eigenvalue weighted by Gasteiger charge is 2.45. The maximum atomic E-state index is 12.9. The Morgan fingerprint density at radius 1 is 1.00 bits per heavy atom. The lowest BCUT2D eigenvalue weighted by Crippen LogP contribution is -2.55. The van der Waals surface area contributed by atoms with Crippen LogP contribution in [-0.4, -0.2) is 71.1 Å². The van der Waals surface area contributed by atoms with Crippen LogP contribution in [-0.2, 0) is 19.9 Å². The second-order valence-corrected chi connectivity index (χ2v) is 13.8. The normalized spacial score (nSPS) is 21.8. The number of benzene rings is 2. The van der Waals surface area contributed by atoms with Gasteiger partial charge in [0.15, 0.2) is 9.84 Å². The number of sulfone groups is 1. The number of aryl methyl sites for hydroxylation is 1. The minimum Gasteiger partial charge on any atom is -0.323 e. The number of carbonyl (C=O) groups is 1. The minimum absolute atomic E-state index is 0.0212. The molecule has 1 aliphatic carbocycles. The largest absolute Gasteiger partial charge is 0.331 e. The SMILES string of the molecule is Cc1ccc(S(=O)(=O)NC(=O)N(C)C2C3CCC2CN(CCCS(=O)(=O)c2ccc(C#N)cc2)C3)cc1. The quantitative estimate of drug-likeness (QED) is 0.541. The molecular formula is C26H32N4O5S2. The Morgan fingerprint density at radius 3 is 2.14 bits per heavy atom. The fraction of sp³-hybridized carbons (Fsp3) is 0.462. The first-order valence-electron chi connectivity index (χ1n) is 12.3. The van der Waals surface area contributed by atoms with Gasteiger partial charge in [-0.2, -0.15) is 5.26 Å². The summed E-state index contributed by atoms with van der Waals surface area (Å²) in [6.07, 6.45) is 2.37. The predicted octanol–water partition coefficient (Wildman–Crippen LogP) is 2.77. The fourth-order valence-corrected chi connectivity index (χ4v) is 7.82. The lowest BCUT2D eigenvalue weighted by atomic mass is 9.91. The van der Waals surface area contributed by atoms with Crippen LogP contribution in [0.3, 0.4) is 0 Å². The Kier molecular flexibility index (Phi) is 7.92. The highest BCUT2D eigenvalue weighted by Crippen LogP contribution is 2.39. The van der Waals surface area contributed by atoms with Crippen molar-refractivity contribution in [1.29, 1.82) is 5.26 Å². The second kappa shape index (κ2) is 10.8. The third-order valence-corrected chi connectivity index (χ3v) is 10.6. The number of amides is 2. The number of hydrogen-bond donors (Lipinski definition) is 1. The van der Waals surface area contributed by atoms with E-state index < -0.39 is 25.9 Å². The van der Waals surface area contributed by atoms with Crippen LogP contribution in [0.25, 0.3) is 0 Å². The van der Waals surface area contributed by atoms with Gasteiger partial charge in [0.25, 0.3) is 10.0 Å². The van der Waals surface area contributed by atoms with Crippen LogP contribution in [0.2, 0.25) is 0 Å². The van der Waals surface area contributed by atoms with Crippen molar-refractivity contribution in [3.63, 3.8) is 0 Å². The molecule has 0 aromatic heterocycles. The molecule has 1 aliphatic heterocycles. The van der Waals surface area contributed by atoms with Crippen LogP contribution < -0.4 is 4.72 Å². The molecule has 2 aliphatic rings. The van der Waals surface area contributed by atoms with Crippen LogP contribution in [0.15, 0.2) is 58.3 Å². The van der Waals surface area contributed by atoms with Gasteiger partial charge < -0.3 is 9.80 Å². The van der Waals surface area contributed by atoms with Crippen LogP contribution >= 0.6 is 0 Å². The van der Waals surface area contributed by atoms with Gasteiger partial charge in [-0.25, -0.2) is 26.4 Å². The molecule has 1 N–H and O–H groups in total. The molecule has 0 spiro atoms. The van der Waals surface area contributed by atoms with Crippen LogP contribution in [0.4, 0.5) is 4.79 Å². The van der Waals surface area contributed by atoms with Gasteiger partial charge in [-0.3, -0.25) is 0 Å². The third kappa shape index (κ3) is 6.14. The summed E-state index contributed by atoms with van der Waals surface area (Å²) in [4.78, 5) is 16.9. The third-order valence-electron chi connectivity index (χ3n) is 7.41. The Labute approximate surface area is 219 Å². The van der Waals surface area contributed by atoms with E-state index in [1.54, 1.807) is 19.2 Å². The first-order valence-corrected chi connectivity index (χ1v) is 15.5. The van der Waals surface area contributed by atoms with Gasteiger partial charge >= 0.3 is 6.03 Å². The van der Waals surface area contributed by atoms with Crippen molar-refractivity contribution >= 4 is 25.9 Å². The van der Waals surface area contributed by atoms with Gasteiger partial charge in [0.2, 0.25) is 0 Å². The van der Waals surface area contributed by atoms with E-state index in [9.17, 15) is 21.6 Å². The molecule has 1 saturated heterocycles. The van der Waals surface area contributed by atoms with Crippen molar-refractivity contribution in [2.24, 2.45) is 11.8 Å². The highest BCUT2D eigenvalue weighted by molar-refractivity contribution is 7.91.